The second kappa shape index (κ2) is 12.4. The molecular formula is C30H36FN3O4. The number of ether oxygens (including phenoxy) is 1. The van der Waals surface area contributed by atoms with Crippen LogP contribution in [0.3, 0.4) is 0 Å². The maximum Gasteiger partial charge on any atom is 0.259 e. The van der Waals surface area contributed by atoms with Gasteiger partial charge in [-0.3, -0.25) is 9.59 Å². The summed E-state index contributed by atoms with van der Waals surface area (Å²) in [5.41, 5.74) is 0.913. The van der Waals surface area contributed by atoms with Gasteiger partial charge in [0.25, 0.3) is 5.91 Å². The van der Waals surface area contributed by atoms with Crippen LogP contribution in [-0.4, -0.2) is 70.6 Å². The fraction of sp³-hybridized carbons (Fsp3) is 0.500. The van der Waals surface area contributed by atoms with Crippen LogP contribution in [0.15, 0.2) is 36.5 Å². The van der Waals surface area contributed by atoms with E-state index >= 15 is 0 Å². The molecule has 1 aromatic heterocycles. The van der Waals surface area contributed by atoms with E-state index in [-0.39, 0.29) is 47.3 Å². The van der Waals surface area contributed by atoms with Crippen LogP contribution in [-0.2, 0) is 4.79 Å². The first-order chi connectivity index (χ1) is 18.3. The molecule has 202 valence electrons. The lowest BCUT2D eigenvalue weighted by Gasteiger charge is -2.38. The van der Waals surface area contributed by atoms with Crippen LogP contribution in [0.2, 0.25) is 0 Å². The second-order valence-corrected chi connectivity index (χ2v) is 10.5. The molecule has 1 saturated carbocycles. The number of aliphatic hydroxyl groups is 1. The molecule has 1 aliphatic carbocycles. The molecule has 1 aromatic carbocycles. The summed E-state index contributed by atoms with van der Waals surface area (Å²) in [5.74, 6) is 5.16. The number of hydrogen-bond donors (Lipinski definition) is 1. The van der Waals surface area contributed by atoms with Crippen molar-refractivity contribution >= 4 is 11.8 Å². The number of benzene rings is 1. The zero-order chi connectivity index (χ0) is 27.2. The minimum atomic E-state index is -0.426. The smallest absolute Gasteiger partial charge is 0.259 e. The maximum absolute atomic E-state index is 14.0. The predicted octanol–water partition coefficient (Wildman–Crippen LogP) is 3.88. The van der Waals surface area contributed by atoms with Crippen molar-refractivity contribution in [1.82, 2.24) is 14.8 Å². The molecule has 7 nitrogen and oxygen atoms in total. The first-order valence-electron chi connectivity index (χ1n) is 13.4. The summed E-state index contributed by atoms with van der Waals surface area (Å²) in [7, 11) is 1.81. The fourth-order valence-electron chi connectivity index (χ4n) is 5.11. The van der Waals surface area contributed by atoms with E-state index in [1.165, 1.54) is 18.7 Å². The zero-order valence-electron chi connectivity index (χ0n) is 22.3. The fourth-order valence-corrected chi connectivity index (χ4v) is 5.11. The maximum atomic E-state index is 14.0. The number of hydrogen-bond acceptors (Lipinski definition) is 5. The largest absolute Gasteiger partial charge is 0.472 e. The number of nitrogens with zero attached hydrogens (tertiary/aromatic N) is 3. The molecule has 0 unspecified atom stereocenters. The summed E-state index contributed by atoms with van der Waals surface area (Å²) in [5, 5.41) is 9.87. The van der Waals surface area contributed by atoms with E-state index < -0.39 is 18.0 Å². The van der Waals surface area contributed by atoms with Gasteiger partial charge in [0, 0.05) is 37.2 Å². The number of likely N-dealkylation sites (N-methyl/N-ethyl adjacent to an activating group) is 1. The Bertz CT molecular complexity index is 1220. The van der Waals surface area contributed by atoms with Crippen LogP contribution in [0.4, 0.5) is 4.39 Å². The molecule has 2 aromatic rings. The topological polar surface area (TPSA) is 83.0 Å². The third-order valence-electron chi connectivity index (χ3n) is 7.52. The molecule has 3 atom stereocenters. The molecule has 4 rings (SSSR count). The number of aromatic nitrogens is 1. The second-order valence-electron chi connectivity index (χ2n) is 10.5. The van der Waals surface area contributed by atoms with Crippen LogP contribution < -0.4 is 4.74 Å². The quantitative estimate of drug-likeness (QED) is 0.604. The number of carbonyl (C=O) groups excluding carboxylic acids is 2. The third kappa shape index (κ3) is 6.33. The number of rotatable bonds is 5. The van der Waals surface area contributed by atoms with E-state index in [1.807, 2.05) is 6.92 Å². The van der Waals surface area contributed by atoms with Gasteiger partial charge in [0.15, 0.2) is 0 Å². The number of pyridine rings is 1. The van der Waals surface area contributed by atoms with Crippen molar-refractivity contribution in [3.05, 3.63) is 59.0 Å². The minimum Gasteiger partial charge on any atom is -0.472 e. The molecule has 2 heterocycles. The molecule has 0 saturated heterocycles. The van der Waals surface area contributed by atoms with Gasteiger partial charge in [0.2, 0.25) is 11.8 Å². The monoisotopic (exact) mass is 521 g/mol. The normalized spacial score (nSPS) is 20.8. The van der Waals surface area contributed by atoms with Crippen LogP contribution in [0.25, 0.3) is 0 Å². The molecular weight excluding hydrogens is 485 g/mol. The number of amides is 2. The average Bonchev–Trinajstić information content (AvgIpc) is 2.94. The Hall–Kier alpha value is -3.44. The Labute approximate surface area is 224 Å². The van der Waals surface area contributed by atoms with Gasteiger partial charge in [0.1, 0.15) is 17.5 Å². The Kier molecular flexibility index (Phi) is 9.01. The van der Waals surface area contributed by atoms with Crippen molar-refractivity contribution in [2.24, 2.45) is 11.8 Å². The van der Waals surface area contributed by atoms with Gasteiger partial charge in [-0.25, -0.2) is 9.37 Å². The molecule has 0 radical (unpaired) electrons. The number of carbonyl (C=O) groups is 2. The van der Waals surface area contributed by atoms with Crippen LogP contribution in [0.1, 0.15) is 67.4 Å². The number of halogens is 1. The Morgan fingerprint density at radius 1 is 1.26 bits per heavy atom. The van der Waals surface area contributed by atoms with Crippen LogP contribution in [0.5, 0.6) is 5.88 Å². The van der Waals surface area contributed by atoms with Gasteiger partial charge in [-0.15, -0.1) is 0 Å². The van der Waals surface area contributed by atoms with Crippen LogP contribution >= 0.6 is 0 Å². The number of fused-ring (bicyclic) bond motifs is 1. The van der Waals surface area contributed by atoms with Crippen molar-refractivity contribution in [3.63, 3.8) is 0 Å². The molecule has 38 heavy (non-hydrogen) atoms. The van der Waals surface area contributed by atoms with E-state index in [0.717, 1.165) is 25.7 Å². The lowest BCUT2D eigenvalue weighted by molar-refractivity contribution is -0.136. The van der Waals surface area contributed by atoms with Crippen molar-refractivity contribution in [2.75, 3.05) is 26.7 Å². The van der Waals surface area contributed by atoms with Gasteiger partial charge in [-0.05, 0) is 38.0 Å². The van der Waals surface area contributed by atoms with Gasteiger partial charge in [-0.2, -0.15) is 0 Å². The first-order valence-corrected chi connectivity index (χ1v) is 13.4. The zero-order valence-corrected chi connectivity index (χ0v) is 22.3. The van der Waals surface area contributed by atoms with E-state index in [0.29, 0.717) is 18.7 Å². The van der Waals surface area contributed by atoms with Crippen molar-refractivity contribution in [3.8, 4) is 17.7 Å². The SMILES string of the molecule is C[C@H]1CN([C@@H](C)CO)C(=O)c2cc(C#Cc3ccccc3F)cnc2O[C@H]1CN(C)C(=O)C1CCCCC1. The van der Waals surface area contributed by atoms with E-state index in [1.54, 1.807) is 48.0 Å². The summed E-state index contributed by atoms with van der Waals surface area (Å²) >= 11 is 0. The van der Waals surface area contributed by atoms with Crippen molar-refractivity contribution in [2.45, 2.75) is 58.1 Å². The van der Waals surface area contributed by atoms with Gasteiger partial charge < -0.3 is 19.6 Å². The van der Waals surface area contributed by atoms with Gasteiger partial charge in [0.05, 0.1) is 24.8 Å². The van der Waals surface area contributed by atoms with E-state index in [2.05, 4.69) is 16.8 Å². The predicted molar refractivity (Wildman–Crippen MR) is 142 cm³/mol. The molecule has 8 heteroatoms. The molecule has 1 aliphatic heterocycles. The van der Waals surface area contributed by atoms with Crippen molar-refractivity contribution < 1.29 is 23.8 Å². The highest BCUT2D eigenvalue weighted by Crippen LogP contribution is 2.29. The average molecular weight is 522 g/mol. The molecule has 1 fully saturated rings. The molecule has 0 spiro atoms. The molecule has 1 N–H and O–H groups in total. The minimum absolute atomic E-state index is 0.0473. The van der Waals surface area contributed by atoms with E-state index in [9.17, 15) is 19.1 Å². The molecule has 2 amide bonds. The standard InChI is InChI=1S/C30H36FN3O4/c1-20-17-34(21(2)19-35)30(37)25-15-22(13-14-23-9-7-8-12-26(23)31)16-32-28(25)38-27(20)18-33(3)29(36)24-10-5-4-6-11-24/h7-9,12,15-16,20-21,24,27,35H,4-6,10-11,17-19H2,1-3H3/t20-,21-,27-/m0/s1. The summed E-state index contributed by atoms with van der Waals surface area (Å²) in [6, 6.07) is 7.39. The van der Waals surface area contributed by atoms with Gasteiger partial charge >= 0.3 is 0 Å². The number of aliphatic hydroxyl groups excluding tert-OH is 1. The molecule has 2 aliphatic rings. The third-order valence-corrected chi connectivity index (χ3v) is 7.52. The highest BCUT2D eigenvalue weighted by Gasteiger charge is 2.35. The Morgan fingerprint density at radius 3 is 2.71 bits per heavy atom. The van der Waals surface area contributed by atoms with Crippen LogP contribution in [0, 0.1) is 29.5 Å². The summed E-state index contributed by atoms with van der Waals surface area (Å²) < 4.78 is 20.3. The summed E-state index contributed by atoms with van der Waals surface area (Å²) in [6.45, 7) is 4.28. The summed E-state index contributed by atoms with van der Waals surface area (Å²) in [4.78, 5) is 34.5. The Balaban J connectivity index is 1.63. The first kappa shape index (κ1) is 27.6. The lowest BCUT2D eigenvalue weighted by atomic mass is 9.88. The molecule has 0 bridgehead atoms. The van der Waals surface area contributed by atoms with Crippen molar-refractivity contribution in [1.29, 1.82) is 0 Å². The highest BCUT2D eigenvalue weighted by atomic mass is 19.1. The Morgan fingerprint density at radius 2 is 2.00 bits per heavy atom. The van der Waals surface area contributed by atoms with Gasteiger partial charge in [-0.1, -0.05) is 50.2 Å². The lowest BCUT2D eigenvalue weighted by Crippen LogP contribution is -2.51. The summed E-state index contributed by atoms with van der Waals surface area (Å²) in [6.07, 6.45) is 6.27. The highest BCUT2D eigenvalue weighted by molar-refractivity contribution is 5.97. The van der Waals surface area contributed by atoms with E-state index in [4.69, 9.17) is 4.74 Å².